The molecule has 1 aromatic heterocycles. The minimum Gasteiger partial charge on any atom is -0.496 e. The lowest BCUT2D eigenvalue weighted by atomic mass is 10.1. The molecule has 0 saturated carbocycles. The third kappa shape index (κ3) is 1.37. The average Bonchev–Trinajstić information content (AvgIpc) is 2.77. The molecule has 3 rings (SSSR count). The minimum absolute atomic E-state index is 0.847. The van der Waals surface area contributed by atoms with Gasteiger partial charge in [0.25, 0.3) is 0 Å². The van der Waals surface area contributed by atoms with Crippen LogP contribution in [0.2, 0.25) is 0 Å². The van der Waals surface area contributed by atoms with Crippen molar-refractivity contribution in [2.24, 2.45) is 0 Å². The van der Waals surface area contributed by atoms with Gasteiger partial charge in [-0.25, -0.2) is 0 Å². The SMILES string of the molecule is COc1cc(C)c(OC)c2c1[nH]c1ccccc12. The number of rotatable bonds is 2. The molecule has 0 saturated heterocycles. The summed E-state index contributed by atoms with van der Waals surface area (Å²) in [4.78, 5) is 3.39. The van der Waals surface area contributed by atoms with E-state index in [4.69, 9.17) is 9.47 Å². The second-order valence-corrected chi connectivity index (χ2v) is 4.35. The highest BCUT2D eigenvalue weighted by Crippen LogP contribution is 2.40. The lowest BCUT2D eigenvalue weighted by molar-refractivity contribution is 0.408. The van der Waals surface area contributed by atoms with E-state index in [1.807, 2.05) is 25.1 Å². The lowest BCUT2D eigenvalue weighted by Gasteiger charge is -2.10. The normalized spacial score (nSPS) is 11.1. The standard InChI is InChI=1S/C15H15NO2/c1-9-8-12(17-2)14-13(15(9)18-3)10-6-4-5-7-11(10)16-14/h4-8,16H,1-3H3. The zero-order chi connectivity index (χ0) is 12.7. The number of H-pyrrole nitrogens is 1. The monoisotopic (exact) mass is 241 g/mol. The van der Waals surface area contributed by atoms with E-state index in [9.17, 15) is 0 Å². The van der Waals surface area contributed by atoms with Gasteiger partial charge in [-0.05, 0) is 24.6 Å². The molecule has 18 heavy (non-hydrogen) atoms. The van der Waals surface area contributed by atoms with E-state index in [0.717, 1.165) is 38.9 Å². The van der Waals surface area contributed by atoms with Crippen LogP contribution in [0.3, 0.4) is 0 Å². The molecule has 1 N–H and O–H groups in total. The fourth-order valence-corrected chi connectivity index (χ4v) is 2.52. The number of ether oxygens (including phenoxy) is 2. The Kier molecular flexibility index (Phi) is 2.40. The molecule has 0 fully saturated rings. The van der Waals surface area contributed by atoms with E-state index in [-0.39, 0.29) is 0 Å². The highest BCUT2D eigenvalue weighted by molar-refractivity contribution is 6.12. The van der Waals surface area contributed by atoms with Crippen molar-refractivity contribution in [2.75, 3.05) is 14.2 Å². The predicted molar refractivity (Wildman–Crippen MR) is 73.6 cm³/mol. The zero-order valence-corrected chi connectivity index (χ0v) is 10.7. The quantitative estimate of drug-likeness (QED) is 0.743. The number of nitrogens with one attached hydrogen (secondary N) is 1. The summed E-state index contributed by atoms with van der Waals surface area (Å²) in [6.45, 7) is 2.03. The number of benzene rings is 2. The number of aromatic amines is 1. The summed E-state index contributed by atoms with van der Waals surface area (Å²) in [5.41, 5.74) is 3.16. The fourth-order valence-electron chi connectivity index (χ4n) is 2.52. The van der Waals surface area contributed by atoms with Crippen molar-refractivity contribution in [3.05, 3.63) is 35.9 Å². The van der Waals surface area contributed by atoms with E-state index in [1.54, 1.807) is 14.2 Å². The third-order valence-corrected chi connectivity index (χ3v) is 3.31. The van der Waals surface area contributed by atoms with Gasteiger partial charge in [0.2, 0.25) is 0 Å². The first-order valence-corrected chi connectivity index (χ1v) is 5.88. The van der Waals surface area contributed by atoms with Crippen molar-refractivity contribution < 1.29 is 9.47 Å². The van der Waals surface area contributed by atoms with Gasteiger partial charge in [0.05, 0.1) is 25.1 Å². The minimum atomic E-state index is 0.847. The Bertz CT molecular complexity index is 728. The maximum absolute atomic E-state index is 5.55. The second kappa shape index (κ2) is 3.95. The molecule has 0 amide bonds. The summed E-state index contributed by atoms with van der Waals surface area (Å²) in [6, 6.07) is 10.2. The lowest BCUT2D eigenvalue weighted by Crippen LogP contribution is -1.91. The van der Waals surface area contributed by atoms with Crippen LogP contribution in [0.15, 0.2) is 30.3 Å². The highest BCUT2D eigenvalue weighted by Gasteiger charge is 2.15. The molecule has 3 nitrogen and oxygen atoms in total. The van der Waals surface area contributed by atoms with Gasteiger partial charge in [0.15, 0.2) is 0 Å². The summed E-state index contributed by atoms with van der Waals surface area (Å²) in [7, 11) is 3.39. The number of para-hydroxylation sites is 1. The van der Waals surface area contributed by atoms with Crippen LogP contribution in [-0.4, -0.2) is 19.2 Å². The van der Waals surface area contributed by atoms with Gasteiger partial charge in [-0.15, -0.1) is 0 Å². The summed E-state index contributed by atoms with van der Waals surface area (Å²) in [6.07, 6.45) is 0. The molecule has 0 atom stereocenters. The van der Waals surface area contributed by atoms with Crippen LogP contribution in [0.4, 0.5) is 0 Å². The average molecular weight is 241 g/mol. The molecular weight excluding hydrogens is 226 g/mol. The van der Waals surface area contributed by atoms with Gasteiger partial charge >= 0.3 is 0 Å². The van der Waals surface area contributed by atoms with E-state index in [2.05, 4.69) is 17.1 Å². The maximum atomic E-state index is 5.55. The van der Waals surface area contributed by atoms with Crippen molar-refractivity contribution in [1.29, 1.82) is 0 Å². The fraction of sp³-hybridized carbons (Fsp3) is 0.200. The summed E-state index contributed by atoms with van der Waals surface area (Å²) in [5.74, 6) is 1.75. The Balaban J connectivity index is 2.57. The Morgan fingerprint density at radius 3 is 2.56 bits per heavy atom. The Morgan fingerprint density at radius 2 is 1.83 bits per heavy atom. The van der Waals surface area contributed by atoms with Crippen LogP contribution in [0.1, 0.15) is 5.56 Å². The first-order valence-electron chi connectivity index (χ1n) is 5.88. The van der Waals surface area contributed by atoms with Crippen LogP contribution in [0.25, 0.3) is 21.8 Å². The van der Waals surface area contributed by atoms with Crippen molar-refractivity contribution in [1.82, 2.24) is 4.98 Å². The number of aromatic nitrogens is 1. The predicted octanol–water partition coefficient (Wildman–Crippen LogP) is 3.65. The Morgan fingerprint density at radius 1 is 1.06 bits per heavy atom. The van der Waals surface area contributed by atoms with Gasteiger partial charge in [0, 0.05) is 10.9 Å². The van der Waals surface area contributed by atoms with Crippen LogP contribution in [0, 0.1) is 6.92 Å². The van der Waals surface area contributed by atoms with Crippen LogP contribution in [-0.2, 0) is 0 Å². The van der Waals surface area contributed by atoms with Crippen molar-refractivity contribution in [3.63, 3.8) is 0 Å². The molecule has 0 unspecified atom stereocenters. The van der Waals surface area contributed by atoms with Crippen molar-refractivity contribution in [2.45, 2.75) is 6.92 Å². The van der Waals surface area contributed by atoms with Gasteiger partial charge in [-0.1, -0.05) is 18.2 Å². The number of aryl methyl sites for hydroxylation is 1. The summed E-state index contributed by atoms with van der Waals surface area (Å²) in [5, 5.41) is 2.25. The highest BCUT2D eigenvalue weighted by atomic mass is 16.5. The Hall–Kier alpha value is -2.16. The second-order valence-electron chi connectivity index (χ2n) is 4.35. The molecule has 2 aromatic carbocycles. The molecule has 1 heterocycles. The molecule has 0 radical (unpaired) electrons. The van der Waals surface area contributed by atoms with Gasteiger partial charge in [0.1, 0.15) is 11.5 Å². The van der Waals surface area contributed by atoms with Crippen LogP contribution < -0.4 is 9.47 Å². The smallest absolute Gasteiger partial charge is 0.143 e. The largest absolute Gasteiger partial charge is 0.496 e. The van der Waals surface area contributed by atoms with E-state index in [0.29, 0.717) is 0 Å². The van der Waals surface area contributed by atoms with Gasteiger partial charge < -0.3 is 14.5 Å². The number of hydrogen-bond acceptors (Lipinski definition) is 2. The van der Waals surface area contributed by atoms with Gasteiger partial charge in [-0.3, -0.25) is 0 Å². The molecular formula is C15H15NO2. The summed E-state index contributed by atoms with van der Waals surface area (Å²) < 4.78 is 11.0. The first-order chi connectivity index (χ1) is 8.76. The molecule has 0 spiro atoms. The van der Waals surface area contributed by atoms with E-state index < -0.39 is 0 Å². The van der Waals surface area contributed by atoms with Crippen molar-refractivity contribution in [3.8, 4) is 11.5 Å². The zero-order valence-electron chi connectivity index (χ0n) is 10.7. The molecule has 0 aliphatic carbocycles. The Labute approximate surface area is 105 Å². The molecule has 0 aliphatic heterocycles. The van der Waals surface area contributed by atoms with E-state index >= 15 is 0 Å². The number of methoxy groups -OCH3 is 2. The molecule has 92 valence electrons. The van der Waals surface area contributed by atoms with Crippen LogP contribution in [0.5, 0.6) is 11.5 Å². The maximum Gasteiger partial charge on any atom is 0.143 e. The number of hydrogen-bond donors (Lipinski definition) is 1. The summed E-state index contributed by atoms with van der Waals surface area (Å²) >= 11 is 0. The molecule has 3 aromatic rings. The van der Waals surface area contributed by atoms with Crippen molar-refractivity contribution >= 4 is 21.8 Å². The molecule has 0 aliphatic rings. The van der Waals surface area contributed by atoms with E-state index in [1.165, 1.54) is 0 Å². The molecule has 0 bridgehead atoms. The molecule has 3 heteroatoms. The third-order valence-electron chi connectivity index (χ3n) is 3.31. The topological polar surface area (TPSA) is 34.2 Å². The van der Waals surface area contributed by atoms with Gasteiger partial charge in [-0.2, -0.15) is 0 Å². The number of fused-ring (bicyclic) bond motifs is 3. The van der Waals surface area contributed by atoms with Crippen LogP contribution >= 0.6 is 0 Å². The first kappa shape index (κ1) is 11.0.